The van der Waals surface area contributed by atoms with E-state index >= 15 is 0 Å². The second-order valence-corrected chi connectivity index (χ2v) is 7.40. The molecule has 0 unspecified atom stereocenters. The normalized spacial score (nSPS) is 12.2. The molecule has 8 heteroatoms. The van der Waals surface area contributed by atoms with Gasteiger partial charge in [-0.3, -0.25) is 4.98 Å². The molecular weight excluding hydrogens is 296 g/mol. The number of nitrogens with two attached hydrogens (primary N) is 1. The molecule has 0 saturated carbocycles. The number of hydrogen-bond donors (Lipinski definition) is 2. The zero-order chi connectivity index (χ0) is 14.8. The van der Waals surface area contributed by atoms with Crippen molar-refractivity contribution in [3.05, 3.63) is 34.5 Å². The van der Waals surface area contributed by atoms with Crippen molar-refractivity contribution in [1.29, 1.82) is 0 Å². The highest BCUT2D eigenvalue weighted by Gasteiger charge is 2.19. The van der Waals surface area contributed by atoms with Crippen LogP contribution in [0, 0.1) is 0 Å². The maximum absolute atomic E-state index is 12.3. The lowest BCUT2D eigenvalue weighted by Gasteiger charge is -2.10. The predicted octanol–water partition coefficient (Wildman–Crippen LogP) is 1.46. The van der Waals surface area contributed by atoms with Gasteiger partial charge in [0.2, 0.25) is 10.0 Å². The Morgan fingerprint density at radius 1 is 1.50 bits per heavy atom. The van der Waals surface area contributed by atoms with E-state index in [2.05, 4.69) is 9.71 Å². The summed E-state index contributed by atoms with van der Waals surface area (Å²) in [6.07, 6.45) is 3.28. The molecule has 0 aromatic carbocycles. The van der Waals surface area contributed by atoms with E-state index in [4.69, 9.17) is 5.73 Å². The summed E-state index contributed by atoms with van der Waals surface area (Å²) in [5.74, 6) is 0. The van der Waals surface area contributed by atoms with Gasteiger partial charge in [0.15, 0.2) is 0 Å². The fraction of sp³-hybridized carbons (Fsp3) is 0.417. The van der Waals surface area contributed by atoms with Gasteiger partial charge in [-0.25, -0.2) is 13.1 Å². The zero-order valence-corrected chi connectivity index (χ0v) is 13.0. The molecule has 110 valence electrons. The summed E-state index contributed by atoms with van der Waals surface area (Å²) in [5.41, 5.74) is 8.13. The molecule has 0 amide bonds. The number of nitrogens with one attached hydrogen (secondary N) is 1. The van der Waals surface area contributed by atoms with Crippen molar-refractivity contribution in [2.45, 2.75) is 37.9 Å². The number of aromatic nitrogens is 2. The van der Waals surface area contributed by atoms with Crippen LogP contribution in [0.15, 0.2) is 28.9 Å². The van der Waals surface area contributed by atoms with Gasteiger partial charge in [-0.05, 0) is 19.9 Å². The van der Waals surface area contributed by atoms with Gasteiger partial charge in [0, 0.05) is 42.1 Å². The number of sulfonamides is 1. The van der Waals surface area contributed by atoms with Crippen LogP contribution in [-0.4, -0.2) is 18.0 Å². The van der Waals surface area contributed by atoms with Crippen molar-refractivity contribution in [2.24, 2.45) is 5.73 Å². The van der Waals surface area contributed by atoms with Crippen LogP contribution in [-0.2, 0) is 23.1 Å². The Labute approximate surface area is 122 Å². The third kappa shape index (κ3) is 3.26. The van der Waals surface area contributed by atoms with Gasteiger partial charge >= 0.3 is 0 Å². The van der Waals surface area contributed by atoms with E-state index in [1.807, 2.05) is 18.4 Å². The largest absolute Gasteiger partial charge is 0.346 e. The minimum absolute atomic E-state index is 0.166. The summed E-state index contributed by atoms with van der Waals surface area (Å²) in [6, 6.07) is 1.79. The second-order valence-electron chi connectivity index (χ2n) is 4.66. The highest BCUT2D eigenvalue weighted by Crippen LogP contribution is 2.19. The summed E-state index contributed by atoms with van der Waals surface area (Å²) in [7, 11) is -3.53. The molecule has 0 aliphatic heterocycles. The van der Waals surface area contributed by atoms with Crippen LogP contribution in [0.5, 0.6) is 0 Å². The lowest BCUT2D eigenvalue weighted by atomic mass is 10.3. The average molecular weight is 314 g/mol. The molecular formula is C12H18N4O2S2. The van der Waals surface area contributed by atoms with Gasteiger partial charge < -0.3 is 10.3 Å². The summed E-state index contributed by atoms with van der Waals surface area (Å²) < 4.78 is 28.9. The molecule has 3 N–H and O–H groups in total. The van der Waals surface area contributed by atoms with Crippen LogP contribution in [0.3, 0.4) is 0 Å². The number of hydrogen-bond acceptors (Lipinski definition) is 5. The van der Waals surface area contributed by atoms with Gasteiger partial charge in [0.05, 0.1) is 10.4 Å². The Bertz CT molecular complexity index is 660. The lowest BCUT2D eigenvalue weighted by Crippen LogP contribution is -2.22. The van der Waals surface area contributed by atoms with Crippen LogP contribution >= 0.6 is 11.3 Å². The van der Waals surface area contributed by atoms with Crippen LogP contribution in [0.4, 0.5) is 0 Å². The monoisotopic (exact) mass is 314 g/mol. The van der Waals surface area contributed by atoms with E-state index in [9.17, 15) is 8.42 Å². The van der Waals surface area contributed by atoms with E-state index in [-0.39, 0.29) is 17.5 Å². The molecule has 2 aromatic heterocycles. The molecule has 6 nitrogen and oxygen atoms in total. The molecule has 0 radical (unpaired) electrons. The molecule has 0 fully saturated rings. The Balaban J connectivity index is 2.21. The zero-order valence-electron chi connectivity index (χ0n) is 11.4. The van der Waals surface area contributed by atoms with E-state index in [1.54, 1.807) is 24.0 Å². The SMILES string of the molecule is CC(C)n1cc(S(=O)(=O)NCc2cncs2)cc1CN. The highest BCUT2D eigenvalue weighted by atomic mass is 32.2. The van der Waals surface area contributed by atoms with E-state index in [0.29, 0.717) is 6.54 Å². The van der Waals surface area contributed by atoms with Gasteiger partial charge in [0.1, 0.15) is 0 Å². The Morgan fingerprint density at radius 3 is 2.75 bits per heavy atom. The third-order valence-corrected chi connectivity index (χ3v) is 5.05. The number of rotatable bonds is 6. The number of nitrogens with zero attached hydrogens (tertiary/aromatic N) is 2. The quantitative estimate of drug-likeness (QED) is 0.844. The van der Waals surface area contributed by atoms with Crippen molar-refractivity contribution in [3.8, 4) is 0 Å². The molecule has 0 bridgehead atoms. The molecule has 0 saturated heterocycles. The smallest absolute Gasteiger partial charge is 0.242 e. The van der Waals surface area contributed by atoms with Crippen LogP contribution < -0.4 is 10.5 Å². The maximum atomic E-state index is 12.3. The average Bonchev–Trinajstić information content (AvgIpc) is 3.05. The van der Waals surface area contributed by atoms with Crippen LogP contribution in [0.25, 0.3) is 0 Å². The first kappa shape index (κ1) is 15.2. The Hall–Kier alpha value is -1.22. The van der Waals surface area contributed by atoms with Crippen molar-refractivity contribution >= 4 is 21.4 Å². The van der Waals surface area contributed by atoms with Crippen molar-refractivity contribution in [2.75, 3.05) is 0 Å². The third-order valence-electron chi connectivity index (χ3n) is 2.90. The van der Waals surface area contributed by atoms with Crippen LogP contribution in [0.1, 0.15) is 30.5 Å². The second kappa shape index (κ2) is 6.04. The van der Waals surface area contributed by atoms with Gasteiger partial charge in [0.25, 0.3) is 0 Å². The van der Waals surface area contributed by atoms with Crippen molar-refractivity contribution in [3.63, 3.8) is 0 Å². The first-order valence-corrected chi connectivity index (χ1v) is 8.58. The van der Waals surface area contributed by atoms with E-state index in [1.165, 1.54) is 11.3 Å². The molecule has 0 aliphatic carbocycles. The first-order valence-electron chi connectivity index (χ1n) is 6.22. The fourth-order valence-corrected chi connectivity index (χ4v) is 3.55. The fourth-order valence-electron chi connectivity index (χ4n) is 1.87. The lowest BCUT2D eigenvalue weighted by molar-refractivity contribution is 0.569. The minimum atomic E-state index is -3.53. The van der Waals surface area contributed by atoms with E-state index < -0.39 is 10.0 Å². The molecule has 0 spiro atoms. The van der Waals surface area contributed by atoms with Gasteiger partial charge in [-0.1, -0.05) is 0 Å². The molecule has 2 aromatic rings. The van der Waals surface area contributed by atoms with Gasteiger partial charge in [-0.2, -0.15) is 0 Å². The standard InChI is InChI=1S/C12H18N4O2S2/c1-9(2)16-7-12(3-10(16)4-13)20(17,18)15-6-11-5-14-8-19-11/h3,5,7-9,15H,4,6,13H2,1-2H3. The highest BCUT2D eigenvalue weighted by molar-refractivity contribution is 7.89. The van der Waals surface area contributed by atoms with Crippen LogP contribution in [0.2, 0.25) is 0 Å². The Kier molecular flexibility index (Phi) is 4.59. The molecule has 2 rings (SSSR count). The topological polar surface area (TPSA) is 90.0 Å². The Morgan fingerprint density at radius 2 is 2.25 bits per heavy atom. The number of thiazole rings is 1. The first-order chi connectivity index (χ1) is 9.44. The predicted molar refractivity (Wildman–Crippen MR) is 78.8 cm³/mol. The van der Waals surface area contributed by atoms with Crippen molar-refractivity contribution < 1.29 is 8.42 Å². The van der Waals surface area contributed by atoms with Gasteiger partial charge in [-0.15, -0.1) is 11.3 Å². The summed E-state index contributed by atoms with van der Waals surface area (Å²) in [4.78, 5) is 5.03. The molecule has 2 heterocycles. The van der Waals surface area contributed by atoms with E-state index in [0.717, 1.165) is 10.6 Å². The summed E-state index contributed by atoms with van der Waals surface area (Å²) >= 11 is 1.41. The molecule has 20 heavy (non-hydrogen) atoms. The van der Waals surface area contributed by atoms with Crippen molar-refractivity contribution in [1.82, 2.24) is 14.3 Å². The summed E-state index contributed by atoms with van der Waals surface area (Å²) in [6.45, 7) is 4.53. The summed E-state index contributed by atoms with van der Waals surface area (Å²) in [5, 5.41) is 0. The maximum Gasteiger partial charge on any atom is 0.242 e. The minimum Gasteiger partial charge on any atom is -0.346 e. The molecule has 0 aliphatic rings. The molecule has 0 atom stereocenters.